The molecule has 3 atom stereocenters. The molecule has 1 aromatic heterocycles. The molecule has 8 heteroatoms. The second-order valence-electron chi connectivity index (χ2n) is 8.63. The molecule has 2 aromatic rings. The summed E-state index contributed by atoms with van der Waals surface area (Å²) in [6.07, 6.45) is 6.98. The van der Waals surface area contributed by atoms with Gasteiger partial charge in [0.05, 0.1) is 22.3 Å². The Kier molecular flexibility index (Phi) is 5.38. The second-order valence-corrected chi connectivity index (χ2v) is 9.03. The Balaban J connectivity index is 1.30. The number of benzene rings is 1. The standard InChI is InChI=1S/C23H27ClN4O3/c1-3-14-4-8-18(17(24)10-14)27-21-13(2)22(26-12-25-21)31-20-11-15-5-9-19(20)28(15)23(29)30-16-6-7-16/h4,8,10,12,15-16,19-20H,3,5-7,9,11H2,1-2H3,(H,25,26,27)/t15?,19?,20-/m0/s1. The summed E-state index contributed by atoms with van der Waals surface area (Å²) < 4.78 is 11.9. The van der Waals surface area contributed by atoms with Crippen LogP contribution in [0.2, 0.25) is 5.02 Å². The number of hydrogen-bond acceptors (Lipinski definition) is 6. The lowest BCUT2D eigenvalue weighted by Gasteiger charge is -2.24. The van der Waals surface area contributed by atoms with E-state index in [1.165, 1.54) is 11.9 Å². The van der Waals surface area contributed by atoms with Crippen LogP contribution in [0.4, 0.5) is 16.3 Å². The van der Waals surface area contributed by atoms with E-state index in [1.54, 1.807) is 0 Å². The van der Waals surface area contributed by atoms with Gasteiger partial charge >= 0.3 is 6.09 Å². The van der Waals surface area contributed by atoms with Gasteiger partial charge in [0.1, 0.15) is 24.4 Å². The van der Waals surface area contributed by atoms with Crippen molar-refractivity contribution in [2.75, 3.05) is 5.32 Å². The third-order valence-corrected chi connectivity index (χ3v) is 6.79. The van der Waals surface area contributed by atoms with Crippen molar-refractivity contribution in [1.29, 1.82) is 0 Å². The average molecular weight is 443 g/mol. The van der Waals surface area contributed by atoms with Crippen molar-refractivity contribution in [3.63, 3.8) is 0 Å². The zero-order chi connectivity index (χ0) is 21.5. The van der Waals surface area contributed by atoms with Gasteiger partial charge < -0.3 is 14.8 Å². The van der Waals surface area contributed by atoms with Crippen molar-refractivity contribution in [1.82, 2.24) is 14.9 Å². The highest BCUT2D eigenvalue weighted by Gasteiger charge is 2.51. The summed E-state index contributed by atoms with van der Waals surface area (Å²) in [4.78, 5) is 23.2. The van der Waals surface area contributed by atoms with Gasteiger partial charge in [-0.3, -0.25) is 4.90 Å². The molecular formula is C23H27ClN4O3. The largest absolute Gasteiger partial charge is 0.472 e. The number of rotatable bonds is 6. The number of nitrogens with zero attached hydrogens (tertiary/aromatic N) is 3. The lowest BCUT2D eigenvalue weighted by molar-refractivity contribution is 0.0798. The third-order valence-electron chi connectivity index (χ3n) is 6.48. The molecule has 0 radical (unpaired) electrons. The van der Waals surface area contributed by atoms with Gasteiger partial charge in [0.25, 0.3) is 0 Å². The maximum absolute atomic E-state index is 12.6. The first-order chi connectivity index (χ1) is 15.0. The molecule has 1 saturated carbocycles. The first-order valence-electron chi connectivity index (χ1n) is 11.1. The van der Waals surface area contributed by atoms with E-state index in [2.05, 4.69) is 22.2 Å². The number of amides is 1. The quantitative estimate of drug-likeness (QED) is 0.676. The van der Waals surface area contributed by atoms with Gasteiger partial charge in [-0.25, -0.2) is 14.8 Å². The number of aryl methyl sites for hydroxylation is 1. The van der Waals surface area contributed by atoms with Crippen LogP contribution in [0.25, 0.3) is 0 Å². The number of anilines is 2. The Bertz CT molecular complexity index is 997. The fourth-order valence-corrected chi connectivity index (χ4v) is 4.81. The molecule has 164 valence electrons. The van der Waals surface area contributed by atoms with Crippen LogP contribution in [0.15, 0.2) is 24.5 Å². The number of ether oxygens (including phenoxy) is 2. The molecule has 2 aliphatic heterocycles. The minimum absolute atomic E-state index is 0.0399. The molecule has 2 saturated heterocycles. The van der Waals surface area contributed by atoms with Crippen molar-refractivity contribution >= 4 is 29.2 Å². The number of nitrogens with one attached hydrogen (secondary N) is 1. The Hall–Kier alpha value is -2.54. The minimum atomic E-state index is -0.187. The van der Waals surface area contributed by atoms with Crippen molar-refractivity contribution in [3.05, 3.63) is 40.7 Å². The van der Waals surface area contributed by atoms with E-state index in [0.717, 1.165) is 49.8 Å². The summed E-state index contributed by atoms with van der Waals surface area (Å²) in [5.74, 6) is 1.19. The molecule has 1 amide bonds. The fourth-order valence-electron chi connectivity index (χ4n) is 4.56. The van der Waals surface area contributed by atoms with Crippen LogP contribution < -0.4 is 10.1 Å². The third kappa shape index (κ3) is 4.03. The molecular weight excluding hydrogens is 416 g/mol. The normalized spacial score (nSPS) is 24.4. The minimum Gasteiger partial charge on any atom is -0.472 e. The Labute approximate surface area is 187 Å². The highest BCUT2D eigenvalue weighted by atomic mass is 35.5. The fraction of sp³-hybridized carbons (Fsp3) is 0.522. The Morgan fingerprint density at radius 1 is 1.26 bits per heavy atom. The van der Waals surface area contributed by atoms with E-state index >= 15 is 0 Å². The summed E-state index contributed by atoms with van der Waals surface area (Å²) in [5, 5.41) is 3.95. The van der Waals surface area contributed by atoms with Gasteiger partial charge in [-0.15, -0.1) is 0 Å². The van der Waals surface area contributed by atoms with Gasteiger partial charge in [-0.1, -0.05) is 24.6 Å². The molecule has 7 nitrogen and oxygen atoms in total. The van der Waals surface area contributed by atoms with Gasteiger partial charge in [-0.05, 0) is 56.7 Å². The van der Waals surface area contributed by atoms with Gasteiger partial charge in [0.15, 0.2) is 0 Å². The molecule has 1 aromatic carbocycles. The van der Waals surface area contributed by atoms with Crippen molar-refractivity contribution < 1.29 is 14.3 Å². The number of carbonyl (C=O) groups is 1. The van der Waals surface area contributed by atoms with Crippen LogP contribution in [0, 0.1) is 6.92 Å². The zero-order valence-electron chi connectivity index (χ0n) is 17.8. The molecule has 31 heavy (non-hydrogen) atoms. The number of aromatic nitrogens is 2. The molecule has 1 N–H and O–H groups in total. The first kappa shape index (κ1) is 20.4. The lowest BCUT2D eigenvalue weighted by Crippen LogP contribution is -2.40. The molecule has 3 fully saturated rings. The van der Waals surface area contributed by atoms with Crippen molar-refractivity contribution in [3.8, 4) is 5.88 Å². The van der Waals surface area contributed by atoms with Crippen LogP contribution in [-0.4, -0.2) is 45.3 Å². The zero-order valence-corrected chi connectivity index (χ0v) is 18.6. The molecule has 3 aliphatic rings. The van der Waals surface area contributed by atoms with E-state index < -0.39 is 0 Å². The molecule has 3 heterocycles. The van der Waals surface area contributed by atoms with Crippen LogP contribution >= 0.6 is 11.6 Å². The molecule has 2 unspecified atom stereocenters. The summed E-state index contributed by atoms with van der Waals surface area (Å²) in [6.45, 7) is 4.03. The van der Waals surface area contributed by atoms with Crippen LogP contribution in [0.1, 0.15) is 50.2 Å². The number of hydrogen-bond donors (Lipinski definition) is 1. The van der Waals surface area contributed by atoms with Crippen LogP contribution in [0.5, 0.6) is 5.88 Å². The Morgan fingerprint density at radius 2 is 2.10 bits per heavy atom. The average Bonchev–Trinajstić information content (AvgIpc) is 3.38. The lowest BCUT2D eigenvalue weighted by atomic mass is 9.98. The van der Waals surface area contributed by atoms with Crippen molar-refractivity contribution in [2.24, 2.45) is 0 Å². The predicted octanol–water partition coefficient (Wildman–Crippen LogP) is 5.03. The molecule has 1 aliphatic carbocycles. The maximum Gasteiger partial charge on any atom is 0.410 e. The SMILES string of the molecule is CCc1ccc(Nc2ncnc(O[C@H]3CC4CCC3N4C(=O)OC3CC3)c2C)c(Cl)c1. The summed E-state index contributed by atoms with van der Waals surface area (Å²) in [5.41, 5.74) is 2.79. The smallest absolute Gasteiger partial charge is 0.410 e. The number of halogens is 1. The monoisotopic (exact) mass is 442 g/mol. The van der Waals surface area contributed by atoms with E-state index in [0.29, 0.717) is 16.7 Å². The molecule has 2 bridgehead atoms. The second kappa shape index (κ2) is 8.19. The van der Waals surface area contributed by atoms with Crippen LogP contribution in [0.3, 0.4) is 0 Å². The highest BCUT2D eigenvalue weighted by Crippen LogP contribution is 2.41. The first-order valence-corrected chi connectivity index (χ1v) is 11.4. The van der Waals surface area contributed by atoms with E-state index in [4.69, 9.17) is 21.1 Å². The van der Waals surface area contributed by atoms with Gasteiger partial charge in [0.2, 0.25) is 5.88 Å². The Morgan fingerprint density at radius 3 is 2.84 bits per heavy atom. The topological polar surface area (TPSA) is 76.6 Å². The van der Waals surface area contributed by atoms with E-state index in [1.807, 2.05) is 30.0 Å². The van der Waals surface area contributed by atoms with E-state index in [9.17, 15) is 4.79 Å². The number of carbonyl (C=O) groups excluding carboxylic acids is 1. The van der Waals surface area contributed by atoms with E-state index in [-0.39, 0.29) is 30.4 Å². The predicted molar refractivity (Wildman–Crippen MR) is 118 cm³/mol. The molecule has 0 spiro atoms. The summed E-state index contributed by atoms with van der Waals surface area (Å²) >= 11 is 6.43. The van der Waals surface area contributed by atoms with Gasteiger partial charge in [-0.2, -0.15) is 0 Å². The van der Waals surface area contributed by atoms with Crippen LogP contribution in [-0.2, 0) is 11.2 Å². The highest BCUT2D eigenvalue weighted by molar-refractivity contribution is 6.33. The summed E-state index contributed by atoms with van der Waals surface area (Å²) in [6, 6.07) is 6.20. The van der Waals surface area contributed by atoms with Gasteiger partial charge in [0, 0.05) is 12.5 Å². The molecule has 5 rings (SSSR count). The van der Waals surface area contributed by atoms with Crippen molar-refractivity contribution in [2.45, 2.75) is 76.7 Å². The number of fused-ring (bicyclic) bond motifs is 2. The maximum atomic E-state index is 12.6. The summed E-state index contributed by atoms with van der Waals surface area (Å²) in [7, 11) is 0.